The monoisotopic (exact) mass is 313 g/mol. The first-order valence-corrected chi connectivity index (χ1v) is 7.63. The van der Waals surface area contributed by atoms with Crippen LogP contribution >= 0.6 is 0 Å². The first-order chi connectivity index (χ1) is 9.36. The molecule has 0 aliphatic heterocycles. The molecule has 6 heteroatoms. The molecule has 21 heavy (non-hydrogen) atoms. The number of rotatable bonds is 4. The summed E-state index contributed by atoms with van der Waals surface area (Å²) in [4.78, 5) is -0.214. The maximum Gasteiger partial charge on any atom is 1.00 e. The van der Waals surface area contributed by atoms with Crippen molar-refractivity contribution in [2.75, 3.05) is 5.32 Å². The third-order valence-electron chi connectivity index (χ3n) is 3.21. The molecule has 106 valence electrons. The van der Waals surface area contributed by atoms with Gasteiger partial charge in [-0.05, 0) is 54.8 Å². The third kappa shape index (κ3) is 5.13. The van der Waals surface area contributed by atoms with Gasteiger partial charge in [-0.3, -0.25) is 0 Å². The maximum absolute atomic E-state index is 10.8. The van der Waals surface area contributed by atoms with Crippen LogP contribution in [0, 0.1) is 13.8 Å². The molecule has 2 rings (SSSR count). The van der Waals surface area contributed by atoms with Crippen molar-refractivity contribution in [3.05, 3.63) is 59.2 Å². The Kier molecular flexibility index (Phi) is 6.43. The fourth-order valence-electron chi connectivity index (χ4n) is 1.86. The van der Waals surface area contributed by atoms with Crippen molar-refractivity contribution >= 4 is 15.8 Å². The van der Waals surface area contributed by atoms with Crippen molar-refractivity contribution in [2.24, 2.45) is 0 Å². The van der Waals surface area contributed by atoms with Crippen LogP contribution in [0.1, 0.15) is 16.7 Å². The van der Waals surface area contributed by atoms with Crippen LogP contribution in [0.5, 0.6) is 0 Å². The van der Waals surface area contributed by atoms with Crippen LogP contribution in [0.25, 0.3) is 0 Å². The minimum Gasteiger partial charge on any atom is -0.744 e. The fraction of sp³-hybridized carbons (Fsp3) is 0.200. The average molecular weight is 313 g/mol. The Hall–Kier alpha value is -0.850. The molecule has 0 unspecified atom stereocenters. The molecule has 0 bridgehead atoms. The summed E-state index contributed by atoms with van der Waals surface area (Å²) in [6, 6.07) is 12.0. The van der Waals surface area contributed by atoms with Crippen LogP contribution in [0.15, 0.2) is 47.4 Å². The summed E-state index contributed by atoms with van der Waals surface area (Å²) in [5, 5.41) is 3.19. The second-order valence-corrected chi connectivity index (χ2v) is 6.13. The summed E-state index contributed by atoms with van der Waals surface area (Å²) in [5.74, 6) is 0. The van der Waals surface area contributed by atoms with Gasteiger partial charge in [0.1, 0.15) is 10.1 Å². The molecule has 4 nitrogen and oxygen atoms in total. The summed E-state index contributed by atoms with van der Waals surface area (Å²) >= 11 is 0. The first-order valence-electron chi connectivity index (χ1n) is 6.22. The molecule has 0 aromatic heterocycles. The number of nitrogens with one attached hydrogen (secondary N) is 1. The van der Waals surface area contributed by atoms with Crippen LogP contribution in [-0.2, 0) is 16.7 Å². The fourth-order valence-corrected chi connectivity index (χ4v) is 2.33. The van der Waals surface area contributed by atoms with Gasteiger partial charge >= 0.3 is 29.6 Å². The zero-order valence-corrected chi connectivity index (χ0v) is 15.2. The minimum absolute atomic E-state index is 0. The smallest absolute Gasteiger partial charge is 0.744 e. The van der Waals surface area contributed by atoms with Crippen molar-refractivity contribution in [3.63, 3.8) is 0 Å². The molecule has 1 N–H and O–H groups in total. The second kappa shape index (κ2) is 7.42. The predicted molar refractivity (Wildman–Crippen MR) is 77.6 cm³/mol. The average Bonchev–Trinajstić information content (AvgIpc) is 2.40. The van der Waals surface area contributed by atoms with Crippen molar-refractivity contribution in [1.82, 2.24) is 0 Å². The van der Waals surface area contributed by atoms with E-state index in [1.807, 2.05) is 6.07 Å². The third-order valence-corrected chi connectivity index (χ3v) is 4.06. The van der Waals surface area contributed by atoms with Gasteiger partial charge < -0.3 is 9.87 Å². The Morgan fingerprint density at radius 1 is 1.00 bits per heavy atom. The van der Waals surface area contributed by atoms with Crippen LogP contribution in [-0.4, -0.2) is 13.0 Å². The van der Waals surface area contributed by atoms with E-state index >= 15 is 0 Å². The van der Waals surface area contributed by atoms with E-state index in [2.05, 4.69) is 31.3 Å². The van der Waals surface area contributed by atoms with Gasteiger partial charge in [-0.15, -0.1) is 0 Å². The van der Waals surface area contributed by atoms with Gasteiger partial charge in [-0.1, -0.05) is 18.2 Å². The minimum atomic E-state index is -4.37. The van der Waals surface area contributed by atoms with E-state index in [0.717, 1.165) is 11.3 Å². The molecule has 0 radical (unpaired) electrons. The van der Waals surface area contributed by atoms with E-state index in [1.54, 1.807) is 12.1 Å². The largest absolute Gasteiger partial charge is 1.00 e. The molecule has 2 aromatic carbocycles. The molecule has 0 atom stereocenters. The van der Waals surface area contributed by atoms with E-state index in [-0.39, 0.29) is 34.5 Å². The van der Waals surface area contributed by atoms with Crippen molar-refractivity contribution < 1.29 is 42.5 Å². The van der Waals surface area contributed by atoms with Crippen LogP contribution in [0.4, 0.5) is 5.69 Å². The predicted octanol–water partition coefficient (Wildman–Crippen LogP) is -0.176. The molecule has 0 saturated carbocycles. The van der Waals surface area contributed by atoms with E-state index in [0.29, 0.717) is 6.54 Å². The van der Waals surface area contributed by atoms with Crippen molar-refractivity contribution in [2.45, 2.75) is 25.3 Å². The van der Waals surface area contributed by atoms with Gasteiger partial charge in [0.15, 0.2) is 0 Å². The Morgan fingerprint density at radius 3 is 2.14 bits per heavy atom. The second-order valence-electron chi connectivity index (χ2n) is 4.75. The molecular weight excluding hydrogens is 297 g/mol. The molecule has 0 aliphatic carbocycles. The number of benzene rings is 2. The van der Waals surface area contributed by atoms with Crippen LogP contribution in [0.3, 0.4) is 0 Å². The SMILES string of the molecule is Cc1ccc(CNc2ccc(S(=O)(=O)[O-])cc2)cc1C.[Na+]. The molecule has 0 aliphatic rings. The van der Waals surface area contributed by atoms with Gasteiger partial charge in [0.05, 0.1) is 4.90 Å². The molecule has 2 aromatic rings. The number of aryl methyl sites for hydroxylation is 2. The van der Waals surface area contributed by atoms with Crippen LogP contribution < -0.4 is 34.9 Å². The van der Waals surface area contributed by atoms with E-state index in [9.17, 15) is 13.0 Å². The van der Waals surface area contributed by atoms with Crippen LogP contribution in [0.2, 0.25) is 0 Å². The van der Waals surface area contributed by atoms with Gasteiger partial charge in [-0.25, -0.2) is 8.42 Å². The summed E-state index contributed by atoms with van der Waals surface area (Å²) in [6.07, 6.45) is 0. The van der Waals surface area contributed by atoms with E-state index < -0.39 is 10.1 Å². The number of hydrogen-bond acceptors (Lipinski definition) is 4. The van der Waals surface area contributed by atoms with E-state index in [4.69, 9.17) is 0 Å². The van der Waals surface area contributed by atoms with Gasteiger partial charge in [-0.2, -0.15) is 0 Å². The normalized spacial score (nSPS) is 10.8. The molecule has 0 fully saturated rings. The number of hydrogen-bond donors (Lipinski definition) is 1. The summed E-state index contributed by atoms with van der Waals surface area (Å²) < 4.78 is 32.5. The van der Waals surface area contributed by atoms with Crippen molar-refractivity contribution in [3.8, 4) is 0 Å². The molecule has 0 heterocycles. The number of anilines is 1. The zero-order chi connectivity index (χ0) is 14.8. The standard InChI is InChI=1S/C15H17NO3S.Na/c1-11-3-4-13(9-12(11)2)10-16-14-5-7-15(8-6-14)20(17,18)19;/h3-9,16H,10H2,1-2H3,(H,17,18,19);/q;+1/p-1. The summed E-state index contributed by atoms with van der Waals surface area (Å²) in [5.41, 5.74) is 4.40. The molecule has 0 amide bonds. The molecule has 0 saturated heterocycles. The molecule has 0 spiro atoms. The molecular formula is C15H16NNaO3S. The quantitative estimate of drug-likeness (QED) is 0.628. The zero-order valence-electron chi connectivity index (χ0n) is 12.4. The topological polar surface area (TPSA) is 69.2 Å². The van der Waals surface area contributed by atoms with E-state index in [1.165, 1.54) is 23.3 Å². The Balaban J connectivity index is 0.00000220. The Morgan fingerprint density at radius 2 is 1.62 bits per heavy atom. The Bertz CT molecular complexity index is 712. The Labute approximate surface area is 147 Å². The van der Waals surface area contributed by atoms with Crippen molar-refractivity contribution in [1.29, 1.82) is 0 Å². The van der Waals surface area contributed by atoms with Gasteiger partial charge in [0.25, 0.3) is 0 Å². The summed E-state index contributed by atoms with van der Waals surface area (Å²) in [7, 11) is -4.37. The maximum atomic E-state index is 10.8. The van der Waals surface area contributed by atoms with Gasteiger partial charge in [0, 0.05) is 12.2 Å². The first kappa shape index (κ1) is 18.2. The van der Waals surface area contributed by atoms with Gasteiger partial charge in [0.2, 0.25) is 0 Å². The summed E-state index contributed by atoms with van der Waals surface area (Å²) in [6.45, 7) is 4.77.